The molecular weight excluding hydrogens is 272 g/mol. The monoisotopic (exact) mass is 284 g/mol. The number of hydrogen-bond acceptors (Lipinski definition) is 6. The van der Waals surface area contributed by atoms with Crippen LogP contribution in [-0.4, -0.2) is 33.3 Å². The maximum absolute atomic E-state index is 12.1. The summed E-state index contributed by atoms with van der Waals surface area (Å²) in [5, 5.41) is 3.94. The molecule has 21 heavy (non-hydrogen) atoms. The smallest absolute Gasteiger partial charge is 0.282 e. The average Bonchev–Trinajstić information content (AvgIpc) is 3.17. The number of aromatic nitrogens is 4. The Hall–Kier alpha value is -2.54. The van der Waals surface area contributed by atoms with Gasteiger partial charge in [-0.2, -0.15) is 4.98 Å². The number of H-pyrrole nitrogens is 1. The van der Waals surface area contributed by atoms with Gasteiger partial charge in [-0.3, -0.25) is 4.79 Å². The van der Waals surface area contributed by atoms with Crippen molar-refractivity contribution in [2.75, 3.05) is 13.2 Å². The van der Waals surface area contributed by atoms with Crippen LogP contribution in [-0.2, 0) is 4.74 Å². The molecule has 0 unspecified atom stereocenters. The zero-order chi connectivity index (χ0) is 14.2. The molecule has 1 aliphatic heterocycles. The van der Waals surface area contributed by atoms with Crippen LogP contribution in [0.2, 0.25) is 0 Å². The van der Waals surface area contributed by atoms with Crippen LogP contribution >= 0.6 is 0 Å². The number of ether oxygens (including phenoxy) is 1. The first-order valence-corrected chi connectivity index (χ1v) is 6.72. The third-order valence-corrected chi connectivity index (χ3v) is 3.54. The fourth-order valence-corrected chi connectivity index (χ4v) is 2.41. The number of fused-ring (bicyclic) bond motifs is 1. The first-order valence-electron chi connectivity index (χ1n) is 6.72. The summed E-state index contributed by atoms with van der Waals surface area (Å²) in [4.78, 5) is 23.5. The Morgan fingerprint density at radius 2 is 2.14 bits per heavy atom. The molecule has 0 saturated carbocycles. The van der Waals surface area contributed by atoms with Gasteiger partial charge in [-0.05, 0) is 18.6 Å². The van der Waals surface area contributed by atoms with Gasteiger partial charge in [-0.25, -0.2) is 4.98 Å². The predicted molar refractivity (Wildman–Crippen MR) is 73.8 cm³/mol. The molecule has 1 saturated heterocycles. The SMILES string of the molecule is O=c1[nH]c2ccccc2nc1-c1nc([C@H]2CCOC2)no1. The molecule has 7 heteroatoms. The molecular formula is C14H12N4O3. The van der Waals surface area contributed by atoms with E-state index < -0.39 is 0 Å². The predicted octanol–water partition coefficient (Wildman–Crippen LogP) is 1.48. The molecule has 1 atom stereocenters. The van der Waals surface area contributed by atoms with Crippen molar-refractivity contribution in [3.8, 4) is 11.6 Å². The number of hydrogen-bond donors (Lipinski definition) is 1. The van der Waals surface area contributed by atoms with Crippen molar-refractivity contribution in [2.24, 2.45) is 0 Å². The van der Waals surface area contributed by atoms with E-state index >= 15 is 0 Å². The Bertz CT molecular complexity index is 849. The lowest BCUT2D eigenvalue weighted by molar-refractivity contribution is 0.192. The van der Waals surface area contributed by atoms with Crippen LogP contribution in [0.25, 0.3) is 22.6 Å². The minimum Gasteiger partial charge on any atom is -0.381 e. The summed E-state index contributed by atoms with van der Waals surface area (Å²) in [6.07, 6.45) is 0.862. The average molecular weight is 284 g/mol. The van der Waals surface area contributed by atoms with Gasteiger partial charge in [0.1, 0.15) is 0 Å². The molecule has 4 rings (SSSR count). The van der Waals surface area contributed by atoms with Crippen molar-refractivity contribution in [1.82, 2.24) is 20.1 Å². The molecule has 106 valence electrons. The van der Waals surface area contributed by atoms with E-state index in [1.165, 1.54) is 0 Å². The highest BCUT2D eigenvalue weighted by Crippen LogP contribution is 2.24. The fraction of sp³-hybridized carbons (Fsp3) is 0.286. The van der Waals surface area contributed by atoms with Crippen LogP contribution in [0.1, 0.15) is 18.2 Å². The number of benzene rings is 1. The van der Waals surface area contributed by atoms with Crippen LogP contribution in [0.5, 0.6) is 0 Å². The highest BCUT2D eigenvalue weighted by molar-refractivity contribution is 5.75. The van der Waals surface area contributed by atoms with Crippen LogP contribution in [0.3, 0.4) is 0 Å². The summed E-state index contributed by atoms with van der Waals surface area (Å²) in [6, 6.07) is 7.30. The second kappa shape index (κ2) is 4.78. The topological polar surface area (TPSA) is 93.9 Å². The van der Waals surface area contributed by atoms with E-state index in [1.54, 1.807) is 6.07 Å². The van der Waals surface area contributed by atoms with Crippen molar-refractivity contribution >= 4 is 11.0 Å². The molecule has 0 aliphatic carbocycles. The molecule has 0 radical (unpaired) electrons. The Balaban J connectivity index is 1.79. The van der Waals surface area contributed by atoms with Crippen LogP contribution in [0.15, 0.2) is 33.6 Å². The molecule has 0 spiro atoms. The van der Waals surface area contributed by atoms with Gasteiger partial charge < -0.3 is 14.2 Å². The molecule has 3 aromatic rings. The second-order valence-corrected chi connectivity index (χ2v) is 4.95. The van der Waals surface area contributed by atoms with E-state index in [0.717, 1.165) is 6.42 Å². The summed E-state index contributed by atoms with van der Waals surface area (Å²) in [7, 11) is 0. The quantitative estimate of drug-likeness (QED) is 0.766. The fourth-order valence-electron chi connectivity index (χ4n) is 2.41. The zero-order valence-corrected chi connectivity index (χ0v) is 11.1. The summed E-state index contributed by atoms with van der Waals surface area (Å²) in [6.45, 7) is 1.28. The number of para-hydroxylation sites is 2. The number of aromatic amines is 1. The molecule has 1 aliphatic rings. The molecule has 3 heterocycles. The summed E-state index contributed by atoms with van der Waals surface area (Å²) in [5.74, 6) is 0.836. The van der Waals surface area contributed by atoms with Crippen molar-refractivity contribution in [3.63, 3.8) is 0 Å². The van der Waals surface area contributed by atoms with Crippen LogP contribution in [0, 0.1) is 0 Å². The summed E-state index contributed by atoms with van der Waals surface area (Å²) < 4.78 is 10.5. The van der Waals surface area contributed by atoms with Crippen molar-refractivity contribution in [2.45, 2.75) is 12.3 Å². The van der Waals surface area contributed by atoms with Gasteiger partial charge in [0, 0.05) is 12.5 Å². The second-order valence-electron chi connectivity index (χ2n) is 4.95. The maximum Gasteiger partial charge on any atom is 0.282 e. The molecule has 0 bridgehead atoms. The largest absolute Gasteiger partial charge is 0.381 e. The third kappa shape index (κ3) is 2.11. The van der Waals surface area contributed by atoms with Gasteiger partial charge >= 0.3 is 0 Å². The lowest BCUT2D eigenvalue weighted by atomic mass is 10.1. The lowest BCUT2D eigenvalue weighted by Gasteiger charge is -1.99. The van der Waals surface area contributed by atoms with E-state index in [-0.39, 0.29) is 23.1 Å². The molecule has 1 N–H and O–H groups in total. The summed E-state index contributed by atoms with van der Waals surface area (Å²) >= 11 is 0. The van der Waals surface area contributed by atoms with Crippen molar-refractivity contribution in [3.05, 3.63) is 40.4 Å². The normalized spacial score (nSPS) is 18.4. The first kappa shape index (κ1) is 12.2. The van der Waals surface area contributed by atoms with E-state index in [2.05, 4.69) is 20.1 Å². The summed E-state index contributed by atoms with van der Waals surface area (Å²) in [5.41, 5.74) is 1.16. The molecule has 1 fully saturated rings. The molecule has 7 nitrogen and oxygen atoms in total. The van der Waals surface area contributed by atoms with Gasteiger partial charge in [0.05, 0.1) is 17.6 Å². The molecule has 2 aromatic heterocycles. The van der Waals surface area contributed by atoms with E-state index in [9.17, 15) is 4.79 Å². The van der Waals surface area contributed by atoms with Gasteiger partial charge in [0.2, 0.25) is 0 Å². The van der Waals surface area contributed by atoms with Crippen molar-refractivity contribution < 1.29 is 9.26 Å². The first-order chi connectivity index (χ1) is 10.3. The number of rotatable bonds is 2. The third-order valence-electron chi connectivity index (χ3n) is 3.54. The Morgan fingerprint density at radius 3 is 3.00 bits per heavy atom. The van der Waals surface area contributed by atoms with Gasteiger partial charge in [-0.15, -0.1) is 0 Å². The highest BCUT2D eigenvalue weighted by atomic mass is 16.5. The standard InChI is InChI=1S/C14H12N4O3/c19-13-11(15-9-3-1-2-4-10(9)16-13)14-17-12(18-21-14)8-5-6-20-7-8/h1-4,8H,5-7H2,(H,16,19)/t8-/m0/s1. The van der Waals surface area contributed by atoms with E-state index in [4.69, 9.17) is 9.26 Å². The lowest BCUT2D eigenvalue weighted by Crippen LogP contribution is -2.11. The Morgan fingerprint density at radius 1 is 1.24 bits per heavy atom. The Kier molecular flexibility index (Phi) is 2.78. The number of nitrogens with zero attached hydrogens (tertiary/aromatic N) is 3. The van der Waals surface area contributed by atoms with Crippen LogP contribution < -0.4 is 5.56 Å². The van der Waals surface area contributed by atoms with Crippen LogP contribution in [0.4, 0.5) is 0 Å². The molecule has 0 amide bonds. The van der Waals surface area contributed by atoms with Gasteiger partial charge in [0.15, 0.2) is 11.5 Å². The maximum atomic E-state index is 12.1. The van der Waals surface area contributed by atoms with Crippen molar-refractivity contribution in [1.29, 1.82) is 0 Å². The zero-order valence-electron chi connectivity index (χ0n) is 11.1. The van der Waals surface area contributed by atoms with Gasteiger partial charge in [-0.1, -0.05) is 17.3 Å². The Labute approximate surface area is 119 Å². The minimum absolute atomic E-state index is 0.127. The highest BCUT2D eigenvalue weighted by Gasteiger charge is 2.24. The van der Waals surface area contributed by atoms with Gasteiger partial charge in [0.25, 0.3) is 11.4 Å². The molecule has 1 aromatic carbocycles. The number of nitrogens with one attached hydrogen (secondary N) is 1. The van der Waals surface area contributed by atoms with E-state index in [1.807, 2.05) is 18.2 Å². The van der Waals surface area contributed by atoms with E-state index in [0.29, 0.717) is 30.1 Å². The minimum atomic E-state index is -0.341.